The van der Waals surface area contributed by atoms with E-state index < -0.39 is 0 Å². The van der Waals surface area contributed by atoms with Crippen LogP contribution >= 0.6 is 0 Å². The molecule has 0 saturated carbocycles. The van der Waals surface area contributed by atoms with Crippen molar-refractivity contribution in [2.45, 2.75) is 6.54 Å². The number of aromatic amines is 1. The van der Waals surface area contributed by atoms with E-state index in [0.29, 0.717) is 29.5 Å². The highest BCUT2D eigenvalue weighted by Gasteiger charge is 2.09. The number of anilines is 2. The van der Waals surface area contributed by atoms with Gasteiger partial charge in [0, 0.05) is 19.2 Å². The van der Waals surface area contributed by atoms with Crippen LogP contribution in [0.5, 0.6) is 0 Å². The van der Waals surface area contributed by atoms with Crippen molar-refractivity contribution in [2.75, 3.05) is 17.7 Å². The highest BCUT2D eigenvalue weighted by Crippen LogP contribution is 2.20. The van der Waals surface area contributed by atoms with Gasteiger partial charge < -0.3 is 10.6 Å². The summed E-state index contributed by atoms with van der Waals surface area (Å²) in [5, 5.41) is 13.5. The van der Waals surface area contributed by atoms with Gasteiger partial charge in [0.15, 0.2) is 5.65 Å². The molecule has 0 amide bonds. The van der Waals surface area contributed by atoms with Crippen LogP contribution in [0.3, 0.4) is 0 Å². The topological polar surface area (TPSA) is 78.5 Å². The smallest absolute Gasteiger partial charge is 0.226 e. The zero-order valence-corrected chi connectivity index (χ0v) is 10.8. The fourth-order valence-corrected chi connectivity index (χ4v) is 1.90. The normalized spacial score (nSPS) is 10.7. The molecule has 7 heteroatoms. The second-order valence-electron chi connectivity index (χ2n) is 4.22. The summed E-state index contributed by atoms with van der Waals surface area (Å²) in [4.78, 5) is 8.55. The first-order valence-corrected chi connectivity index (χ1v) is 6.14. The lowest BCUT2D eigenvalue weighted by Crippen LogP contribution is -2.06. The van der Waals surface area contributed by atoms with E-state index in [-0.39, 0.29) is 5.82 Å². The third-order valence-corrected chi connectivity index (χ3v) is 2.94. The van der Waals surface area contributed by atoms with Gasteiger partial charge in [-0.05, 0) is 6.07 Å². The van der Waals surface area contributed by atoms with E-state index in [1.165, 1.54) is 6.07 Å². The zero-order valence-electron chi connectivity index (χ0n) is 10.8. The van der Waals surface area contributed by atoms with Crippen molar-refractivity contribution < 1.29 is 4.39 Å². The van der Waals surface area contributed by atoms with Gasteiger partial charge in [0.1, 0.15) is 11.6 Å². The summed E-state index contributed by atoms with van der Waals surface area (Å²) in [5.74, 6) is 0.834. The number of aromatic nitrogens is 4. The molecule has 0 fully saturated rings. The monoisotopic (exact) mass is 272 g/mol. The molecule has 0 aliphatic rings. The van der Waals surface area contributed by atoms with Gasteiger partial charge in [-0.25, -0.2) is 4.39 Å². The van der Waals surface area contributed by atoms with E-state index in [2.05, 4.69) is 30.8 Å². The molecule has 20 heavy (non-hydrogen) atoms. The minimum atomic E-state index is -0.244. The molecule has 3 aromatic rings. The van der Waals surface area contributed by atoms with Crippen molar-refractivity contribution in [2.24, 2.45) is 0 Å². The van der Waals surface area contributed by atoms with Crippen LogP contribution in [-0.4, -0.2) is 27.2 Å². The van der Waals surface area contributed by atoms with Gasteiger partial charge in [0.25, 0.3) is 0 Å². The molecule has 3 rings (SSSR count). The fraction of sp³-hybridized carbons (Fsp3) is 0.154. The van der Waals surface area contributed by atoms with E-state index >= 15 is 0 Å². The van der Waals surface area contributed by atoms with Crippen LogP contribution in [0.25, 0.3) is 11.0 Å². The highest BCUT2D eigenvalue weighted by molar-refractivity contribution is 5.86. The van der Waals surface area contributed by atoms with E-state index in [1.807, 2.05) is 0 Å². The first kappa shape index (κ1) is 12.3. The number of H-pyrrole nitrogens is 1. The van der Waals surface area contributed by atoms with Gasteiger partial charge in [-0.15, -0.1) is 0 Å². The van der Waals surface area contributed by atoms with Crippen molar-refractivity contribution in [3.63, 3.8) is 0 Å². The summed E-state index contributed by atoms with van der Waals surface area (Å²) < 4.78 is 13.6. The maximum absolute atomic E-state index is 13.6. The molecule has 0 spiro atoms. The molecular weight excluding hydrogens is 259 g/mol. The minimum Gasteiger partial charge on any atom is -0.365 e. The van der Waals surface area contributed by atoms with Crippen molar-refractivity contribution >= 4 is 22.8 Å². The molecule has 0 atom stereocenters. The van der Waals surface area contributed by atoms with Crippen LogP contribution in [0.15, 0.2) is 30.5 Å². The first-order valence-electron chi connectivity index (χ1n) is 6.14. The number of fused-ring (bicyclic) bond motifs is 1. The quantitative estimate of drug-likeness (QED) is 0.678. The predicted octanol–water partition coefficient (Wildman–Crippen LogP) is 2.15. The Kier molecular flexibility index (Phi) is 3.16. The lowest BCUT2D eigenvalue weighted by atomic mass is 10.2. The van der Waals surface area contributed by atoms with Crippen LogP contribution in [0.1, 0.15) is 5.56 Å². The van der Waals surface area contributed by atoms with Gasteiger partial charge >= 0.3 is 0 Å². The Balaban J connectivity index is 1.90. The molecule has 102 valence electrons. The first-order chi connectivity index (χ1) is 9.78. The largest absolute Gasteiger partial charge is 0.365 e. The molecule has 6 nitrogen and oxygen atoms in total. The minimum absolute atomic E-state index is 0.244. The van der Waals surface area contributed by atoms with E-state index in [1.54, 1.807) is 31.4 Å². The van der Waals surface area contributed by atoms with Crippen molar-refractivity contribution in [3.8, 4) is 0 Å². The zero-order chi connectivity index (χ0) is 13.9. The van der Waals surface area contributed by atoms with Gasteiger partial charge in [0.05, 0.1) is 11.6 Å². The van der Waals surface area contributed by atoms with Crippen LogP contribution in [-0.2, 0) is 6.54 Å². The van der Waals surface area contributed by atoms with Crippen LogP contribution in [0.2, 0.25) is 0 Å². The SMILES string of the molecule is CNc1nc(NCc2ccccc2F)c2cn[nH]c2n1. The maximum Gasteiger partial charge on any atom is 0.226 e. The predicted molar refractivity (Wildman–Crippen MR) is 75.0 cm³/mol. The van der Waals surface area contributed by atoms with Gasteiger partial charge in [-0.3, -0.25) is 5.10 Å². The second kappa shape index (κ2) is 5.12. The molecule has 0 aliphatic heterocycles. The molecule has 2 heterocycles. The number of hydrogen-bond donors (Lipinski definition) is 3. The summed E-state index contributed by atoms with van der Waals surface area (Å²) in [6, 6.07) is 6.63. The highest BCUT2D eigenvalue weighted by atomic mass is 19.1. The number of benzene rings is 1. The van der Waals surface area contributed by atoms with Crippen LogP contribution in [0.4, 0.5) is 16.2 Å². The molecule has 1 aromatic carbocycles. The summed E-state index contributed by atoms with van der Waals surface area (Å²) >= 11 is 0. The van der Waals surface area contributed by atoms with E-state index in [9.17, 15) is 4.39 Å². The standard InChI is InChI=1S/C13H13FN6/c1-15-13-18-11(9-7-17-20-12(9)19-13)16-6-8-4-2-3-5-10(8)14/h2-5,7H,6H2,1H3,(H3,15,16,17,18,19,20). The summed E-state index contributed by atoms with van der Waals surface area (Å²) in [6.45, 7) is 0.340. The summed E-state index contributed by atoms with van der Waals surface area (Å²) in [7, 11) is 1.73. The number of rotatable bonds is 4. The molecule has 0 saturated heterocycles. The lowest BCUT2D eigenvalue weighted by molar-refractivity contribution is 0.613. The van der Waals surface area contributed by atoms with Crippen molar-refractivity contribution in [1.82, 2.24) is 20.2 Å². The number of halogens is 1. The Morgan fingerprint density at radius 1 is 1.25 bits per heavy atom. The Morgan fingerprint density at radius 3 is 2.90 bits per heavy atom. The second-order valence-corrected chi connectivity index (χ2v) is 4.22. The molecule has 0 bridgehead atoms. The average molecular weight is 272 g/mol. The lowest BCUT2D eigenvalue weighted by Gasteiger charge is -2.08. The number of nitrogens with zero attached hydrogens (tertiary/aromatic N) is 3. The number of nitrogens with one attached hydrogen (secondary N) is 3. The van der Waals surface area contributed by atoms with Gasteiger partial charge in [0.2, 0.25) is 5.95 Å². The molecule has 0 aliphatic carbocycles. The molecule has 3 N–H and O–H groups in total. The summed E-state index contributed by atoms with van der Waals surface area (Å²) in [6.07, 6.45) is 1.64. The molecule has 0 unspecified atom stereocenters. The van der Waals surface area contributed by atoms with Crippen LogP contribution in [0, 0.1) is 5.82 Å². The third kappa shape index (κ3) is 2.25. The average Bonchev–Trinajstić information content (AvgIpc) is 2.94. The van der Waals surface area contributed by atoms with Gasteiger partial charge in [-0.2, -0.15) is 15.1 Å². The van der Waals surface area contributed by atoms with E-state index in [4.69, 9.17) is 0 Å². The van der Waals surface area contributed by atoms with Crippen molar-refractivity contribution in [3.05, 3.63) is 41.8 Å². The van der Waals surface area contributed by atoms with Gasteiger partial charge in [-0.1, -0.05) is 18.2 Å². The van der Waals surface area contributed by atoms with E-state index in [0.717, 1.165) is 5.39 Å². The van der Waals surface area contributed by atoms with Crippen molar-refractivity contribution in [1.29, 1.82) is 0 Å². The molecular formula is C13H13FN6. The Morgan fingerprint density at radius 2 is 2.10 bits per heavy atom. The third-order valence-electron chi connectivity index (χ3n) is 2.94. The molecule has 2 aromatic heterocycles. The van der Waals surface area contributed by atoms with Crippen LogP contribution < -0.4 is 10.6 Å². The Hall–Kier alpha value is -2.70. The fourth-order valence-electron chi connectivity index (χ4n) is 1.90. The maximum atomic E-state index is 13.6. The number of hydrogen-bond acceptors (Lipinski definition) is 5. The Labute approximate surface area is 114 Å². The Bertz CT molecular complexity index is 739. The summed E-state index contributed by atoms with van der Waals surface area (Å²) in [5.41, 5.74) is 1.20. The molecule has 0 radical (unpaired) electrons.